The molecule has 2 aromatic rings. The van der Waals surface area contributed by atoms with E-state index in [9.17, 15) is 9.59 Å². The first-order valence-corrected chi connectivity index (χ1v) is 9.54. The summed E-state index contributed by atoms with van der Waals surface area (Å²) in [7, 11) is 0. The highest BCUT2D eigenvalue weighted by Crippen LogP contribution is 2.41. The molecule has 0 spiro atoms. The van der Waals surface area contributed by atoms with Gasteiger partial charge in [-0.05, 0) is 30.4 Å². The number of fused-ring (bicyclic) bond motifs is 3. The standard InChI is InChI=1S/C16H17N3O3S2/c1-2-22-16(21)19-6-5-9-11(8-19)24-15-12(9)14(20)17-13(18-15)10-4-3-7-23-10/h3-4,7,13,18H,2,5-6,8H2,1H3,(H,17,20)/t13-/m0/s1. The van der Waals surface area contributed by atoms with Crippen molar-refractivity contribution in [1.29, 1.82) is 0 Å². The third kappa shape index (κ3) is 2.55. The first kappa shape index (κ1) is 15.5. The molecule has 2 aromatic heterocycles. The van der Waals surface area contributed by atoms with Gasteiger partial charge in [-0.2, -0.15) is 0 Å². The Labute approximate surface area is 147 Å². The van der Waals surface area contributed by atoms with Gasteiger partial charge in [0.1, 0.15) is 11.2 Å². The van der Waals surface area contributed by atoms with Gasteiger partial charge in [-0.1, -0.05) is 6.07 Å². The molecule has 2 aliphatic heterocycles. The molecule has 4 rings (SSSR count). The maximum Gasteiger partial charge on any atom is 0.410 e. The molecule has 0 aromatic carbocycles. The lowest BCUT2D eigenvalue weighted by molar-refractivity contribution is 0.0935. The Morgan fingerprint density at radius 1 is 1.46 bits per heavy atom. The van der Waals surface area contributed by atoms with E-state index in [0.29, 0.717) is 26.1 Å². The molecule has 0 radical (unpaired) electrons. The summed E-state index contributed by atoms with van der Waals surface area (Å²) in [6.45, 7) is 3.26. The molecule has 2 N–H and O–H groups in total. The summed E-state index contributed by atoms with van der Waals surface area (Å²) in [6.07, 6.45) is 0.202. The van der Waals surface area contributed by atoms with Crippen molar-refractivity contribution in [3.63, 3.8) is 0 Å². The number of thiophene rings is 2. The highest BCUT2D eigenvalue weighted by molar-refractivity contribution is 7.16. The predicted molar refractivity (Wildman–Crippen MR) is 93.6 cm³/mol. The van der Waals surface area contributed by atoms with Gasteiger partial charge in [0.05, 0.1) is 18.7 Å². The third-order valence-corrected chi connectivity index (χ3v) is 6.27. The maximum atomic E-state index is 12.6. The molecule has 24 heavy (non-hydrogen) atoms. The average Bonchev–Trinajstić information content (AvgIpc) is 3.21. The number of nitrogens with zero attached hydrogens (tertiary/aromatic N) is 1. The number of hydrogen-bond acceptors (Lipinski definition) is 6. The van der Waals surface area contributed by atoms with Crippen LogP contribution in [-0.4, -0.2) is 30.1 Å². The molecule has 0 fully saturated rings. The van der Waals surface area contributed by atoms with Gasteiger partial charge in [-0.15, -0.1) is 22.7 Å². The molecule has 8 heteroatoms. The van der Waals surface area contributed by atoms with Gasteiger partial charge in [0.2, 0.25) is 0 Å². The second kappa shape index (κ2) is 6.10. The molecule has 2 aliphatic rings. The fourth-order valence-electron chi connectivity index (χ4n) is 3.08. The molecule has 0 saturated heterocycles. The van der Waals surface area contributed by atoms with Gasteiger partial charge in [0.25, 0.3) is 5.91 Å². The van der Waals surface area contributed by atoms with Crippen molar-refractivity contribution >= 4 is 39.7 Å². The van der Waals surface area contributed by atoms with Gasteiger partial charge in [-0.25, -0.2) is 4.79 Å². The van der Waals surface area contributed by atoms with E-state index >= 15 is 0 Å². The van der Waals surface area contributed by atoms with E-state index in [2.05, 4.69) is 10.6 Å². The normalized spacial score (nSPS) is 19.1. The van der Waals surface area contributed by atoms with Crippen LogP contribution in [0.5, 0.6) is 0 Å². The molecule has 0 aliphatic carbocycles. The number of nitrogens with one attached hydrogen (secondary N) is 2. The number of amides is 2. The second-order valence-corrected chi connectivity index (χ2v) is 7.73. The van der Waals surface area contributed by atoms with E-state index < -0.39 is 0 Å². The summed E-state index contributed by atoms with van der Waals surface area (Å²) in [5, 5.41) is 9.34. The first-order valence-electron chi connectivity index (χ1n) is 7.84. The number of rotatable bonds is 2. The molecule has 1 atom stereocenters. The van der Waals surface area contributed by atoms with Crippen LogP contribution in [0.3, 0.4) is 0 Å². The SMILES string of the molecule is CCOC(=O)N1CCc2c(sc3c2C(=O)N[C@H](c2cccs2)N3)C1. The van der Waals surface area contributed by atoms with Crippen LogP contribution in [0.15, 0.2) is 17.5 Å². The molecule has 0 saturated carbocycles. The topological polar surface area (TPSA) is 70.7 Å². The minimum Gasteiger partial charge on any atom is -0.450 e. The largest absolute Gasteiger partial charge is 0.450 e. The molecule has 2 amide bonds. The van der Waals surface area contributed by atoms with E-state index in [1.165, 1.54) is 0 Å². The highest BCUT2D eigenvalue weighted by Gasteiger charge is 2.34. The fourth-order valence-corrected chi connectivity index (χ4v) is 5.10. The van der Waals surface area contributed by atoms with Crippen molar-refractivity contribution in [2.24, 2.45) is 0 Å². The second-order valence-electron chi connectivity index (χ2n) is 5.64. The number of ether oxygens (including phenoxy) is 1. The van der Waals surface area contributed by atoms with Crippen molar-refractivity contribution in [3.8, 4) is 0 Å². The van der Waals surface area contributed by atoms with E-state index in [1.807, 2.05) is 17.5 Å². The first-order chi connectivity index (χ1) is 11.7. The summed E-state index contributed by atoms with van der Waals surface area (Å²) >= 11 is 3.17. The summed E-state index contributed by atoms with van der Waals surface area (Å²) in [5.74, 6) is -0.0377. The van der Waals surface area contributed by atoms with Crippen molar-refractivity contribution in [1.82, 2.24) is 10.2 Å². The zero-order valence-electron chi connectivity index (χ0n) is 13.1. The van der Waals surface area contributed by atoms with Gasteiger partial charge >= 0.3 is 6.09 Å². The highest BCUT2D eigenvalue weighted by atomic mass is 32.1. The lowest BCUT2D eigenvalue weighted by Gasteiger charge is -2.27. The summed E-state index contributed by atoms with van der Waals surface area (Å²) in [4.78, 5) is 28.4. The number of hydrogen-bond donors (Lipinski definition) is 2. The van der Waals surface area contributed by atoms with E-state index in [0.717, 1.165) is 25.9 Å². The minimum absolute atomic E-state index is 0.0377. The fraction of sp³-hybridized carbons (Fsp3) is 0.375. The Morgan fingerprint density at radius 3 is 3.08 bits per heavy atom. The molecular weight excluding hydrogens is 346 g/mol. The molecule has 0 bridgehead atoms. The zero-order valence-corrected chi connectivity index (χ0v) is 14.8. The predicted octanol–water partition coefficient (Wildman–Crippen LogP) is 3.18. The Bertz CT molecular complexity index is 785. The quantitative estimate of drug-likeness (QED) is 0.860. The number of anilines is 1. The van der Waals surface area contributed by atoms with Crippen molar-refractivity contribution < 1.29 is 14.3 Å². The molecule has 4 heterocycles. The van der Waals surface area contributed by atoms with Crippen molar-refractivity contribution in [2.75, 3.05) is 18.5 Å². The Morgan fingerprint density at radius 2 is 2.33 bits per heavy atom. The van der Waals surface area contributed by atoms with E-state index in [-0.39, 0.29) is 18.2 Å². The Hall–Kier alpha value is -2.06. The van der Waals surface area contributed by atoms with Crippen LogP contribution in [0.1, 0.15) is 38.8 Å². The number of carbonyl (C=O) groups is 2. The summed E-state index contributed by atoms with van der Waals surface area (Å²) in [5.41, 5.74) is 1.80. The van der Waals surface area contributed by atoms with Crippen LogP contribution >= 0.6 is 22.7 Å². The molecule has 6 nitrogen and oxygen atoms in total. The Balaban J connectivity index is 1.61. The van der Waals surface area contributed by atoms with Crippen LogP contribution in [0.2, 0.25) is 0 Å². The zero-order chi connectivity index (χ0) is 16.7. The maximum absolute atomic E-state index is 12.6. The van der Waals surface area contributed by atoms with Crippen molar-refractivity contribution in [2.45, 2.75) is 26.1 Å². The molecule has 126 valence electrons. The third-order valence-electron chi connectivity index (χ3n) is 4.19. The van der Waals surface area contributed by atoms with Gasteiger partial charge in [-0.3, -0.25) is 4.79 Å². The molecular formula is C16H17N3O3S2. The van der Waals surface area contributed by atoms with Crippen LogP contribution in [-0.2, 0) is 17.7 Å². The summed E-state index contributed by atoms with van der Waals surface area (Å²) in [6, 6.07) is 3.98. The lowest BCUT2D eigenvalue weighted by atomic mass is 10.0. The van der Waals surface area contributed by atoms with E-state index in [1.54, 1.807) is 34.5 Å². The van der Waals surface area contributed by atoms with E-state index in [4.69, 9.17) is 4.74 Å². The lowest BCUT2D eigenvalue weighted by Crippen LogP contribution is -2.39. The minimum atomic E-state index is -0.289. The average molecular weight is 363 g/mol. The van der Waals surface area contributed by atoms with Gasteiger partial charge < -0.3 is 20.3 Å². The van der Waals surface area contributed by atoms with Crippen LogP contribution in [0.25, 0.3) is 0 Å². The Kier molecular flexibility index (Phi) is 3.93. The smallest absolute Gasteiger partial charge is 0.410 e. The van der Waals surface area contributed by atoms with Crippen LogP contribution < -0.4 is 10.6 Å². The van der Waals surface area contributed by atoms with Gasteiger partial charge in [0.15, 0.2) is 0 Å². The number of carbonyl (C=O) groups excluding carboxylic acids is 2. The van der Waals surface area contributed by atoms with Crippen LogP contribution in [0, 0.1) is 0 Å². The molecule has 0 unspecified atom stereocenters. The van der Waals surface area contributed by atoms with Crippen molar-refractivity contribution in [3.05, 3.63) is 38.4 Å². The summed E-state index contributed by atoms with van der Waals surface area (Å²) < 4.78 is 5.08. The van der Waals surface area contributed by atoms with Crippen LogP contribution in [0.4, 0.5) is 9.80 Å². The van der Waals surface area contributed by atoms with Gasteiger partial charge in [0, 0.05) is 16.3 Å². The monoisotopic (exact) mass is 363 g/mol.